The van der Waals surface area contributed by atoms with Gasteiger partial charge in [-0.3, -0.25) is 4.79 Å². The molecule has 0 aliphatic rings. The Bertz CT molecular complexity index is 1110. The molecule has 0 radical (unpaired) electrons. The second-order valence-corrected chi connectivity index (χ2v) is 6.33. The summed E-state index contributed by atoms with van der Waals surface area (Å²) >= 11 is 0. The molecule has 1 amide bonds. The molecule has 6 nitrogen and oxygen atoms in total. The Hall–Kier alpha value is -4.11. The number of nitrogens with zero attached hydrogens (tertiary/aromatic N) is 1. The Balaban J connectivity index is 1.81. The van der Waals surface area contributed by atoms with Crippen LogP contribution in [0.4, 0.5) is 0 Å². The van der Waals surface area contributed by atoms with Gasteiger partial charge in [-0.2, -0.15) is 5.26 Å². The second-order valence-electron chi connectivity index (χ2n) is 6.33. The lowest BCUT2D eigenvalue weighted by Crippen LogP contribution is -2.27. The largest absolute Gasteiger partial charge is 0.478 e. The van der Waals surface area contributed by atoms with E-state index in [-0.39, 0.29) is 22.9 Å². The molecule has 0 fully saturated rings. The number of nitriles is 1. The molecular weight excluding hydrogens is 368 g/mol. The van der Waals surface area contributed by atoms with Gasteiger partial charge in [0.05, 0.1) is 11.6 Å². The molecule has 3 rings (SSSR count). The van der Waals surface area contributed by atoms with E-state index in [0.29, 0.717) is 11.3 Å². The summed E-state index contributed by atoms with van der Waals surface area (Å²) in [6.07, 6.45) is 1.33. The van der Waals surface area contributed by atoms with E-state index >= 15 is 0 Å². The number of carbonyl (C=O) groups excluding carboxylic acids is 1. The molecule has 0 bridgehead atoms. The third-order valence-corrected chi connectivity index (χ3v) is 4.35. The lowest BCUT2D eigenvalue weighted by molar-refractivity contribution is -0.117. The van der Waals surface area contributed by atoms with Crippen molar-refractivity contribution in [1.29, 1.82) is 5.26 Å². The Labute approximate surface area is 167 Å². The number of hydrogen-bond donors (Lipinski definition) is 2. The molecule has 0 aliphatic carbocycles. The van der Waals surface area contributed by atoms with E-state index in [1.807, 2.05) is 43.3 Å². The number of carboxylic acid groups (broad SMARTS) is 1. The summed E-state index contributed by atoms with van der Waals surface area (Å²) in [6.45, 7) is 1.83. The molecule has 1 aromatic heterocycles. The van der Waals surface area contributed by atoms with Crippen molar-refractivity contribution in [3.05, 3.63) is 89.2 Å². The Morgan fingerprint density at radius 3 is 2.45 bits per heavy atom. The van der Waals surface area contributed by atoms with Crippen LogP contribution in [0.5, 0.6) is 0 Å². The smallest absolute Gasteiger partial charge is 0.336 e. The topological polar surface area (TPSA) is 103 Å². The lowest BCUT2D eigenvalue weighted by Gasteiger charge is -2.13. The predicted molar refractivity (Wildman–Crippen MR) is 108 cm³/mol. The summed E-state index contributed by atoms with van der Waals surface area (Å²) in [5.74, 6) is -0.974. The van der Waals surface area contributed by atoms with Gasteiger partial charge in [0.2, 0.25) is 0 Å². The van der Waals surface area contributed by atoms with E-state index in [0.717, 1.165) is 5.56 Å². The van der Waals surface area contributed by atoms with E-state index in [2.05, 4.69) is 5.32 Å². The number of benzene rings is 2. The number of aromatic carboxylic acids is 1. The van der Waals surface area contributed by atoms with Crippen molar-refractivity contribution in [3.63, 3.8) is 0 Å². The number of hydrogen-bond acceptors (Lipinski definition) is 4. The van der Waals surface area contributed by atoms with E-state index in [4.69, 9.17) is 4.42 Å². The minimum absolute atomic E-state index is 0.104. The van der Waals surface area contributed by atoms with Crippen LogP contribution in [0.1, 0.15) is 34.6 Å². The van der Waals surface area contributed by atoms with Crippen molar-refractivity contribution in [2.45, 2.75) is 13.0 Å². The minimum Gasteiger partial charge on any atom is -0.478 e. The highest BCUT2D eigenvalue weighted by Crippen LogP contribution is 2.27. The quantitative estimate of drug-likeness (QED) is 0.482. The van der Waals surface area contributed by atoms with Crippen LogP contribution in [0.25, 0.3) is 17.4 Å². The number of amides is 1. The number of furan rings is 1. The number of carboxylic acids is 1. The first-order valence-corrected chi connectivity index (χ1v) is 8.89. The molecule has 0 saturated heterocycles. The van der Waals surface area contributed by atoms with Crippen molar-refractivity contribution >= 4 is 18.0 Å². The summed E-state index contributed by atoms with van der Waals surface area (Å²) in [6, 6.07) is 20.7. The molecule has 29 heavy (non-hydrogen) atoms. The van der Waals surface area contributed by atoms with Crippen LogP contribution >= 0.6 is 0 Å². The lowest BCUT2D eigenvalue weighted by atomic mass is 10.1. The fourth-order valence-corrected chi connectivity index (χ4v) is 2.85. The zero-order valence-electron chi connectivity index (χ0n) is 15.6. The first-order chi connectivity index (χ1) is 14.0. The van der Waals surface area contributed by atoms with Crippen LogP contribution in [0.3, 0.4) is 0 Å². The van der Waals surface area contributed by atoms with E-state index < -0.39 is 11.9 Å². The van der Waals surface area contributed by atoms with Gasteiger partial charge in [-0.1, -0.05) is 48.5 Å². The van der Waals surface area contributed by atoms with Gasteiger partial charge in [0.1, 0.15) is 23.2 Å². The molecule has 0 saturated carbocycles. The SMILES string of the molecule is C[C@@H](NC(=O)/C(C#N)=C/c1ccc(-c2ccccc2C(=O)O)o1)c1ccccc1. The fourth-order valence-electron chi connectivity index (χ4n) is 2.85. The van der Waals surface area contributed by atoms with Crippen molar-refractivity contribution in [3.8, 4) is 17.4 Å². The van der Waals surface area contributed by atoms with Crippen LogP contribution < -0.4 is 5.32 Å². The molecule has 1 heterocycles. The average Bonchev–Trinajstić information content (AvgIpc) is 3.21. The fraction of sp³-hybridized carbons (Fsp3) is 0.0870. The van der Waals surface area contributed by atoms with Crippen LogP contribution in [-0.4, -0.2) is 17.0 Å². The van der Waals surface area contributed by atoms with Gasteiger partial charge in [0, 0.05) is 11.6 Å². The van der Waals surface area contributed by atoms with Gasteiger partial charge in [-0.05, 0) is 30.7 Å². The van der Waals surface area contributed by atoms with Crippen LogP contribution in [-0.2, 0) is 4.79 Å². The monoisotopic (exact) mass is 386 g/mol. The maximum Gasteiger partial charge on any atom is 0.336 e. The van der Waals surface area contributed by atoms with Crippen molar-refractivity contribution < 1.29 is 19.1 Å². The number of rotatable bonds is 6. The van der Waals surface area contributed by atoms with Crippen molar-refractivity contribution in [1.82, 2.24) is 5.32 Å². The molecule has 6 heteroatoms. The van der Waals surface area contributed by atoms with Crippen LogP contribution in [0.2, 0.25) is 0 Å². The molecule has 0 spiro atoms. The molecule has 2 aromatic carbocycles. The average molecular weight is 386 g/mol. The van der Waals surface area contributed by atoms with Gasteiger partial charge in [0.25, 0.3) is 5.91 Å². The zero-order chi connectivity index (χ0) is 20.8. The minimum atomic E-state index is -1.07. The standard InChI is InChI=1S/C23H18N2O4/c1-15(16-7-3-2-4-8-16)25-22(26)17(14-24)13-18-11-12-21(29-18)19-9-5-6-10-20(19)23(27)28/h2-13,15H,1H3,(H,25,26)(H,27,28)/b17-13+/t15-/m1/s1. The highest BCUT2D eigenvalue weighted by molar-refractivity contribution is 6.01. The predicted octanol–water partition coefficient (Wildman–Crippen LogP) is 4.43. The van der Waals surface area contributed by atoms with Crippen molar-refractivity contribution in [2.75, 3.05) is 0 Å². The summed E-state index contributed by atoms with van der Waals surface area (Å²) in [7, 11) is 0. The Morgan fingerprint density at radius 2 is 1.76 bits per heavy atom. The summed E-state index contributed by atoms with van der Waals surface area (Å²) in [5, 5.41) is 21.5. The van der Waals surface area contributed by atoms with E-state index in [1.54, 1.807) is 30.3 Å². The van der Waals surface area contributed by atoms with Crippen LogP contribution in [0.15, 0.2) is 76.7 Å². The summed E-state index contributed by atoms with van der Waals surface area (Å²) < 4.78 is 5.66. The molecule has 3 aromatic rings. The molecular formula is C23H18N2O4. The van der Waals surface area contributed by atoms with Gasteiger partial charge < -0.3 is 14.8 Å². The first kappa shape index (κ1) is 19.6. The van der Waals surface area contributed by atoms with Gasteiger partial charge >= 0.3 is 5.97 Å². The normalized spacial score (nSPS) is 12.1. The Kier molecular flexibility index (Phi) is 5.91. The third kappa shape index (κ3) is 4.60. The number of nitrogens with one attached hydrogen (secondary N) is 1. The zero-order valence-corrected chi connectivity index (χ0v) is 15.6. The molecule has 0 unspecified atom stereocenters. The molecule has 1 atom stereocenters. The van der Waals surface area contributed by atoms with E-state index in [9.17, 15) is 20.0 Å². The highest BCUT2D eigenvalue weighted by Gasteiger charge is 2.16. The van der Waals surface area contributed by atoms with Gasteiger partial charge in [0.15, 0.2) is 0 Å². The van der Waals surface area contributed by atoms with Gasteiger partial charge in [-0.15, -0.1) is 0 Å². The van der Waals surface area contributed by atoms with Crippen molar-refractivity contribution in [2.24, 2.45) is 0 Å². The third-order valence-electron chi connectivity index (χ3n) is 4.35. The Morgan fingerprint density at radius 1 is 1.07 bits per heavy atom. The maximum absolute atomic E-state index is 12.5. The second kappa shape index (κ2) is 8.72. The summed E-state index contributed by atoms with van der Waals surface area (Å²) in [5.41, 5.74) is 1.33. The van der Waals surface area contributed by atoms with E-state index in [1.165, 1.54) is 12.1 Å². The molecule has 2 N–H and O–H groups in total. The van der Waals surface area contributed by atoms with Crippen LogP contribution in [0, 0.1) is 11.3 Å². The maximum atomic E-state index is 12.5. The first-order valence-electron chi connectivity index (χ1n) is 8.89. The highest BCUT2D eigenvalue weighted by atomic mass is 16.4. The number of carbonyl (C=O) groups is 2. The summed E-state index contributed by atoms with van der Waals surface area (Å²) in [4.78, 5) is 23.8. The molecule has 144 valence electrons. The molecule has 0 aliphatic heterocycles. The van der Waals surface area contributed by atoms with Gasteiger partial charge in [-0.25, -0.2) is 4.79 Å².